The summed E-state index contributed by atoms with van der Waals surface area (Å²) in [5.74, 6) is -0.128. The minimum atomic E-state index is -0.0641. The van der Waals surface area contributed by atoms with Crippen LogP contribution >= 0.6 is 0 Å². The zero-order chi connectivity index (χ0) is 12.3. The first-order chi connectivity index (χ1) is 7.62. The molecule has 0 aromatic rings. The Bertz CT molecular complexity index is 373. The van der Waals surface area contributed by atoms with Gasteiger partial charge >= 0.3 is 0 Å². The quantitative estimate of drug-likeness (QED) is 0.583. The first-order valence-electron chi connectivity index (χ1n) is 5.37. The zero-order valence-corrected chi connectivity index (χ0v) is 10.1. The maximum Gasteiger partial charge on any atom is 0.193 e. The average molecular weight is 216 g/mol. The van der Waals surface area contributed by atoms with E-state index in [1.54, 1.807) is 52.0 Å². The van der Waals surface area contributed by atoms with E-state index in [0.29, 0.717) is 22.3 Å². The molecule has 1 aliphatic carbocycles. The second kappa shape index (κ2) is 4.88. The second-order valence-corrected chi connectivity index (χ2v) is 3.47. The predicted molar refractivity (Wildman–Crippen MR) is 65.0 cm³/mol. The monoisotopic (exact) mass is 216 g/mol. The van der Waals surface area contributed by atoms with E-state index in [4.69, 9.17) is 0 Å². The Morgan fingerprint density at radius 2 is 0.750 bits per heavy atom. The lowest BCUT2D eigenvalue weighted by Crippen LogP contribution is -2.25. The summed E-state index contributed by atoms with van der Waals surface area (Å²) < 4.78 is 0. The van der Waals surface area contributed by atoms with Crippen LogP contribution in [0, 0.1) is 0 Å². The minimum Gasteiger partial charge on any atom is -0.289 e. The highest BCUT2D eigenvalue weighted by molar-refractivity contribution is 6.33. The van der Waals surface area contributed by atoms with Crippen molar-refractivity contribution in [2.45, 2.75) is 27.7 Å². The van der Waals surface area contributed by atoms with E-state index in [2.05, 4.69) is 0 Å². The summed E-state index contributed by atoms with van der Waals surface area (Å²) in [7, 11) is 0. The van der Waals surface area contributed by atoms with Gasteiger partial charge in [0.15, 0.2) is 11.6 Å². The van der Waals surface area contributed by atoms with E-state index < -0.39 is 0 Å². The maximum atomic E-state index is 12.1. The highest BCUT2D eigenvalue weighted by atomic mass is 16.1. The number of carbonyl (C=O) groups is 2. The average Bonchev–Trinajstić information content (AvgIpc) is 2.30. The molecule has 16 heavy (non-hydrogen) atoms. The summed E-state index contributed by atoms with van der Waals surface area (Å²) in [4.78, 5) is 24.2. The lowest BCUT2D eigenvalue weighted by molar-refractivity contribution is -0.117. The molecule has 2 nitrogen and oxygen atoms in total. The molecule has 1 saturated carbocycles. The molecular weight excluding hydrogens is 200 g/mol. The van der Waals surface area contributed by atoms with Gasteiger partial charge in [-0.1, -0.05) is 24.3 Å². The molecule has 0 unspecified atom stereocenters. The summed E-state index contributed by atoms with van der Waals surface area (Å²) in [6.07, 6.45) is 6.80. The summed E-state index contributed by atoms with van der Waals surface area (Å²) >= 11 is 0. The fourth-order valence-corrected chi connectivity index (χ4v) is 1.93. The van der Waals surface area contributed by atoms with E-state index >= 15 is 0 Å². The van der Waals surface area contributed by atoms with Gasteiger partial charge in [-0.3, -0.25) is 9.59 Å². The Labute approximate surface area is 96.0 Å². The second-order valence-electron chi connectivity index (χ2n) is 3.47. The molecule has 84 valence electrons. The summed E-state index contributed by atoms with van der Waals surface area (Å²) in [5.41, 5.74) is 2.02. The van der Waals surface area contributed by atoms with E-state index in [9.17, 15) is 9.59 Å². The van der Waals surface area contributed by atoms with Gasteiger partial charge in [0.2, 0.25) is 0 Å². The van der Waals surface area contributed by atoms with Crippen molar-refractivity contribution >= 4 is 11.6 Å². The molecule has 0 amide bonds. The number of allylic oxidation sites excluding steroid dienone is 8. The lowest BCUT2D eigenvalue weighted by atomic mass is 9.79. The first-order valence-corrected chi connectivity index (χ1v) is 5.37. The molecule has 0 heterocycles. The normalized spacial score (nSPS) is 27.5. The molecule has 0 N–H and O–H groups in total. The largest absolute Gasteiger partial charge is 0.289 e. The van der Waals surface area contributed by atoms with Gasteiger partial charge in [0, 0.05) is 22.3 Å². The van der Waals surface area contributed by atoms with E-state index in [1.807, 2.05) is 0 Å². The van der Waals surface area contributed by atoms with Gasteiger partial charge in [-0.05, 0) is 27.7 Å². The molecule has 0 spiro atoms. The highest BCUT2D eigenvalue weighted by Gasteiger charge is 2.33. The molecule has 0 atom stereocenters. The molecular formula is C14H16O2. The molecule has 1 aliphatic rings. The number of hydrogen-bond acceptors (Lipinski definition) is 2. The van der Waals surface area contributed by atoms with Crippen LogP contribution in [-0.2, 0) is 9.59 Å². The van der Waals surface area contributed by atoms with Crippen molar-refractivity contribution in [3.05, 3.63) is 46.6 Å². The van der Waals surface area contributed by atoms with Gasteiger partial charge < -0.3 is 0 Å². The fraction of sp³-hybridized carbons (Fsp3) is 0.286. The van der Waals surface area contributed by atoms with Crippen molar-refractivity contribution in [1.29, 1.82) is 0 Å². The molecule has 0 aliphatic heterocycles. The van der Waals surface area contributed by atoms with E-state index in [1.165, 1.54) is 0 Å². The molecule has 1 rings (SSSR count). The van der Waals surface area contributed by atoms with Gasteiger partial charge in [0.25, 0.3) is 0 Å². The van der Waals surface area contributed by atoms with Crippen LogP contribution in [0.3, 0.4) is 0 Å². The van der Waals surface area contributed by atoms with Crippen molar-refractivity contribution in [3.8, 4) is 0 Å². The van der Waals surface area contributed by atoms with Crippen LogP contribution in [0.15, 0.2) is 46.6 Å². The standard InChI is InChI=1S/C14H16O2/c1-5-9-10(6-2)14(16)12(8-4)11(7-3)13(9)15/h5-8H,1-4H3/b9-5+,10-6+,11-7+,12-8+. The third-order valence-corrected chi connectivity index (χ3v) is 2.71. The van der Waals surface area contributed by atoms with Crippen LogP contribution in [0.2, 0.25) is 0 Å². The van der Waals surface area contributed by atoms with Gasteiger partial charge in [-0.15, -0.1) is 0 Å². The minimum absolute atomic E-state index is 0.0641. The van der Waals surface area contributed by atoms with Crippen molar-refractivity contribution in [3.63, 3.8) is 0 Å². The van der Waals surface area contributed by atoms with E-state index in [0.717, 1.165) is 0 Å². The molecule has 0 saturated heterocycles. The van der Waals surface area contributed by atoms with Crippen LogP contribution in [0.1, 0.15) is 27.7 Å². The maximum absolute atomic E-state index is 12.1. The van der Waals surface area contributed by atoms with Crippen molar-refractivity contribution in [2.75, 3.05) is 0 Å². The Hall–Kier alpha value is -1.70. The van der Waals surface area contributed by atoms with Crippen LogP contribution < -0.4 is 0 Å². The molecule has 2 heteroatoms. The molecule has 0 bridgehead atoms. The SMILES string of the molecule is C/C=C1/C(=O)C(=C/C)/C(=C\C)C(=O)/C1=C/C. The zero-order valence-electron chi connectivity index (χ0n) is 10.1. The van der Waals surface area contributed by atoms with E-state index in [-0.39, 0.29) is 11.6 Å². The third-order valence-electron chi connectivity index (χ3n) is 2.71. The molecule has 0 aromatic carbocycles. The third kappa shape index (κ3) is 1.71. The predicted octanol–water partition coefficient (Wildman–Crippen LogP) is 2.92. The Balaban J connectivity index is 3.49. The Morgan fingerprint density at radius 3 is 0.875 bits per heavy atom. The number of rotatable bonds is 0. The van der Waals surface area contributed by atoms with Gasteiger partial charge in [-0.25, -0.2) is 0 Å². The van der Waals surface area contributed by atoms with Crippen LogP contribution in [0.4, 0.5) is 0 Å². The van der Waals surface area contributed by atoms with Gasteiger partial charge in [0.05, 0.1) is 0 Å². The van der Waals surface area contributed by atoms with Crippen LogP contribution in [-0.4, -0.2) is 11.6 Å². The Morgan fingerprint density at radius 1 is 0.562 bits per heavy atom. The summed E-state index contributed by atoms with van der Waals surface area (Å²) in [6.45, 7) is 7.10. The summed E-state index contributed by atoms with van der Waals surface area (Å²) in [6, 6.07) is 0. The highest BCUT2D eigenvalue weighted by Crippen LogP contribution is 2.31. The smallest absolute Gasteiger partial charge is 0.193 e. The lowest BCUT2D eigenvalue weighted by Gasteiger charge is -2.20. The molecule has 0 radical (unpaired) electrons. The van der Waals surface area contributed by atoms with Crippen LogP contribution in [0.25, 0.3) is 0 Å². The topological polar surface area (TPSA) is 34.1 Å². The number of Topliss-reactive ketones (excluding diaryl/α,β-unsaturated/α-hetero) is 2. The molecule has 0 aromatic heterocycles. The van der Waals surface area contributed by atoms with Crippen LogP contribution in [0.5, 0.6) is 0 Å². The fourth-order valence-electron chi connectivity index (χ4n) is 1.93. The summed E-state index contributed by atoms with van der Waals surface area (Å²) in [5, 5.41) is 0. The van der Waals surface area contributed by atoms with Crippen molar-refractivity contribution in [2.24, 2.45) is 0 Å². The number of hydrogen-bond donors (Lipinski definition) is 0. The number of carbonyl (C=O) groups excluding carboxylic acids is 2. The molecule has 1 fully saturated rings. The van der Waals surface area contributed by atoms with Crippen molar-refractivity contribution < 1.29 is 9.59 Å². The van der Waals surface area contributed by atoms with Gasteiger partial charge in [0.1, 0.15) is 0 Å². The Kier molecular flexibility index (Phi) is 3.78. The number of ketones is 2. The van der Waals surface area contributed by atoms with Gasteiger partial charge in [-0.2, -0.15) is 0 Å². The van der Waals surface area contributed by atoms with Crippen molar-refractivity contribution in [1.82, 2.24) is 0 Å². The first kappa shape index (κ1) is 12.4.